The number of rotatable bonds is 8. The number of aromatic nitrogens is 1. The number of hydrogen-bond acceptors (Lipinski definition) is 7. The quantitative estimate of drug-likeness (QED) is 0.342. The van der Waals surface area contributed by atoms with Gasteiger partial charge in [0.25, 0.3) is 5.56 Å². The molecule has 1 atom stereocenters. The normalized spacial score (nSPS) is 17.4. The Morgan fingerprint density at radius 2 is 1.88 bits per heavy atom. The molecule has 3 heterocycles. The highest BCUT2D eigenvalue weighted by molar-refractivity contribution is 7.07. The average molecular weight is 580 g/mol. The van der Waals surface area contributed by atoms with E-state index in [9.17, 15) is 9.59 Å². The number of benzene rings is 2. The predicted molar refractivity (Wildman–Crippen MR) is 160 cm³/mol. The van der Waals surface area contributed by atoms with Gasteiger partial charge < -0.3 is 14.4 Å². The molecule has 5 rings (SSSR count). The van der Waals surface area contributed by atoms with Gasteiger partial charge >= 0.3 is 5.97 Å². The topological polar surface area (TPSA) is 73.1 Å². The number of ether oxygens (including phenoxy) is 2. The van der Waals surface area contributed by atoms with Crippen molar-refractivity contribution in [2.24, 2.45) is 4.99 Å². The van der Waals surface area contributed by atoms with Crippen LogP contribution in [0.2, 0.25) is 5.02 Å². The van der Waals surface area contributed by atoms with Gasteiger partial charge in [0.15, 0.2) is 4.80 Å². The first-order chi connectivity index (χ1) is 19.4. The fourth-order valence-corrected chi connectivity index (χ4v) is 6.62. The van der Waals surface area contributed by atoms with Crippen molar-refractivity contribution in [3.05, 3.63) is 89.6 Å². The van der Waals surface area contributed by atoms with Crippen LogP contribution in [0, 0.1) is 0 Å². The number of hydrogen-bond donors (Lipinski definition) is 0. The summed E-state index contributed by atoms with van der Waals surface area (Å²) >= 11 is 7.74. The zero-order valence-corrected chi connectivity index (χ0v) is 24.7. The second-order valence-electron chi connectivity index (χ2n) is 9.94. The monoisotopic (exact) mass is 579 g/mol. The number of piperidine rings is 1. The Bertz CT molecular complexity index is 1600. The van der Waals surface area contributed by atoms with Gasteiger partial charge in [-0.15, -0.1) is 0 Å². The average Bonchev–Trinajstić information content (AvgIpc) is 3.27. The summed E-state index contributed by atoms with van der Waals surface area (Å²) in [5.74, 6) is 0.0288. The van der Waals surface area contributed by atoms with E-state index in [1.54, 1.807) is 36.8 Å². The molecule has 40 heavy (non-hydrogen) atoms. The van der Waals surface area contributed by atoms with E-state index in [0.29, 0.717) is 43.4 Å². The van der Waals surface area contributed by atoms with Crippen LogP contribution in [0.5, 0.6) is 5.75 Å². The third-order valence-corrected chi connectivity index (χ3v) is 8.51. The first-order valence-electron chi connectivity index (χ1n) is 13.9. The third-order valence-electron chi connectivity index (χ3n) is 7.29. The fourth-order valence-electron chi connectivity index (χ4n) is 5.42. The number of carbonyl (C=O) groups is 1. The molecule has 9 heteroatoms. The van der Waals surface area contributed by atoms with E-state index in [1.807, 2.05) is 25.1 Å². The van der Waals surface area contributed by atoms with Crippen LogP contribution < -0.4 is 24.5 Å². The Balaban J connectivity index is 1.66. The summed E-state index contributed by atoms with van der Waals surface area (Å²) in [4.78, 5) is 35.2. The summed E-state index contributed by atoms with van der Waals surface area (Å²) in [6, 6.07) is 12.8. The molecule has 0 unspecified atom stereocenters. The molecule has 1 fully saturated rings. The van der Waals surface area contributed by atoms with Crippen LogP contribution in [0.3, 0.4) is 0 Å². The fraction of sp³-hybridized carbons (Fsp3) is 0.387. The molecular formula is C31H34ClN3O4S. The molecule has 3 aromatic rings. The Hall–Kier alpha value is -3.36. The van der Waals surface area contributed by atoms with E-state index in [0.717, 1.165) is 25.1 Å². The van der Waals surface area contributed by atoms with Crippen LogP contribution >= 0.6 is 22.9 Å². The Morgan fingerprint density at radius 3 is 2.55 bits per heavy atom. The lowest BCUT2D eigenvalue weighted by Gasteiger charge is -2.28. The van der Waals surface area contributed by atoms with Crippen molar-refractivity contribution in [1.29, 1.82) is 0 Å². The van der Waals surface area contributed by atoms with Gasteiger partial charge in [-0.25, -0.2) is 9.79 Å². The van der Waals surface area contributed by atoms with Crippen molar-refractivity contribution in [2.45, 2.75) is 52.0 Å². The van der Waals surface area contributed by atoms with Crippen molar-refractivity contribution in [3.8, 4) is 5.75 Å². The summed E-state index contributed by atoms with van der Waals surface area (Å²) in [5, 5.41) is 0.476. The molecule has 2 aromatic carbocycles. The molecule has 210 valence electrons. The molecule has 0 spiro atoms. The van der Waals surface area contributed by atoms with E-state index < -0.39 is 12.0 Å². The predicted octanol–water partition coefficient (Wildman–Crippen LogP) is 5.23. The minimum absolute atomic E-state index is 0.207. The van der Waals surface area contributed by atoms with Crippen LogP contribution in [-0.2, 0) is 9.53 Å². The maximum atomic E-state index is 14.0. The van der Waals surface area contributed by atoms with Crippen LogP contribution in [-0.4, -0.2) is 37.3 Å². The summed E-state index contributed by atoms with van der Waals surface area (Å²) < 4.78 is 13.3. The molecule has 0 N–H and O–H groups in total. The van der Waals surface area contributed by atoms with E-state index in [-0.39, 0.29) is 12.2 Å². The summed E-state index contributed by atoms with van der Waals surface area (Å²) in [7, 11) is 1.56. The Labute approximate surface area is 243 Å². The highest BCUT2D eigenvalue weighted by Gasteiger charge is 2.36. The standard InChI is InChI=1S/C31H34ClN3O4S/c1-4-9-24-27(30(37)39-5-2)28(23-19-21(32)12-15-25(23)38-3)35-29(36)26(40-31(35)33-24)18-20-10-13-22(14-11-20)34-16-7-6-8-17-34/h10-15,18-19,28H,4-9,16-17H2,1-3H3/b26-18-/t28-/m1/s1. The number of halogens is 1. The van der Waals surface area contributed by atoms with Crippen LogP contribution in [0.15, 0.2) is 63.5 Å². The van der Waals surface area contributed by atoms with Gasteiger partial charge in [-0.05, 0) is 74.6 Å². The lowest BCUT2D eigenvalue weighted by molar-refractivity contribution is -0.139. The maximum absolute atomic E-state index is 14.0. The number of carbonyl (C=O) groups excluding carboxylic acids is 1. The SMILES string of the molecule is CCCC1=C(C(=O)OCC)[C@@H](c2cc(Cl)ccc2OC)n2c(s/c(=C\c3ccc(N4CCCCC4)cc3)c2=O)=N1. The van der Waals surface area contributed by atoms with E-state index in [2.05, 4.69) is 17.0 Å². The minimum atomic E-state index is -0.783. The lowest BCUT2D eigenvalue weighted by Crippen LogP contribution is -2.40. The second kappa shape index (κ2) is 12.4. The highest BCUT2D eigenvalue weighted by Crippen LogP contribution is 2.38. The number of esters is 1. The highest BCUT2D eigenvalue weighted by atomic mass is 35.5. The zero-order chi connectivity index (χ0) is 28.2. The van der Waals surface area contributed by atoms with Crippen molar-refractivity contribution in [1.82, 2.24) is 4.57 Å². The molecule has 0 aliphatic carbocycles. The van der Waals surface area contributed by atoms with Gasteiger partial charge in [0.05, 0.1) is 29.5 Å². The largest absolute Gasteiger partial charge is 0.496 e. The van der Waals surface area contributed by atoms with E-state index >= 15 is 0 Å². The van der Waals surface area contributed by atoms with Crippen molar-refractivity contribution >= 4 is 40.7 Å². The first kappa shape index (κ1) is 28.2. The van der Waals surface area contributed by atoms with Gasteiger partial charge in [-0.3, -0.25) is 9.36 Å². The summed E-state index contributed by atoms with van der Waals surface area (Å²) in [5.41, 5.74) is 3.48. The molecular weight excluding hydrogens is 546 g/mol. The molecule has 0 bridgehead atoms. The Kier molecular flexibility index (Phi) is 8.76. The lowest BCUT2D eigenvalue weighted by atomic mass is 9.93. The molecule has 2 aliphatic rings. The number of anilines is 1. The van der Waals surface area contributed by atoms with Crippen molar-refractivity contribution in [3.63, 3.8) is 0 Å². The van der Waals surface area contributed by atoms with Gasteiger partial charge in [0, 0.05) is 29.4 Å². The Morgan fingerprint density at radius 1 is 1.12 bits per heavy atom. The van der Waals surface area contributed by atoms with Crippen molar-refractivity contribution < 1.29 is 14.3 Å². The maximum Gasteiger partial charge on any atom is 0.338 e. The van der Waals surface area contributed by atoms with Gasteiger partial charge in [-0.2, -0.15) is 0 Å². The van der Waals surface area contributed by atoms with E-state index in [4.69, 9.17) is 26.1 Å². The minimum Gasteiger partial charge on any atom is -0.496 e. The summed E-state index contributed by atoms with van der Waals surface area (Å²) in [6.07, 6.45) is 6.96. The smallest absolute Gasteiger partial charge is 0.338 e. The second-order valence-corrected chi connectivity index (χ2v) is 11.4. The van der Waals surface area contributed by atoms with Gasteiger partial charge in [0.1, 0.15) is 11.8 Å². The van der Waals surface area contributed by atoms with Gasteiger partial charge in [-0.1, -0.05) is 48.4 Å². The van der Waals surface area contributed by atoms with Crippen LogP contribution in [0.25, 0.3) is 6.08 Å². The van der Waals surface area contributed by atoms with Crippen molar-refractivity contribution in [2.75, 3.05) is 31.7 Å². The zero-order valence-electron chi connectivity index (χ0n) is 23.1. The summed E-state index contributed by atoms with van der Waals surface area (Å²) in [6.45, 7) is 6.16. The molecule has 2 aliphatic heterocycles. The number of methoxy groups -OCH3 is 1. The number of thiazole rings is 1. The number of allylic oxidation sites excluding steroid dienone is 1. The number of nitrogens with zero attached hydrogens (tertiary/aromatic N) is 3. The van der Waals surface area contributed by atoms with Crippen LogP contribution in [0.1, 0.15) is 63.1 Å². The first-order valence-corrected chi connectivity index (χ1v) is 15.0. The molecule has 0 amide bonds. The third kappa shape index (κ3) is 5.60. The number of fused-ring (bicyclic) bond motifs is 1. The van der Waals surface area contributed by atoms with Gasteiger partial charge in [0.2, 0.25) is 0 Å². The van der Waals surface area contributed by atoms with E-state index in [1.165, 1.54) is 36.3 Å². The van der Waals surface area contributed by atoms with Crippen LogP contribution in [0.4, 0.5) is 5.69 Å². The molecule has 0 radical (unpaired) electrons. The molecule has 7 nitrogen and oxygen atoms in total. The molecule has 1 saturated heterocycles. The molecule has 1 aromatic heterocycles. The molecule has 0 saturated carbocycles.